The molecule has 1 heterocycles. The fourth-order valence-electron chi connectivity index (χ4n) is 3.92. The number of hydrogen-bond acceptors (Lipinski definition) is 5. The first-order valence-electron chi connectivity index (χ1n) is 12.8. The van der Waals surface area contributed by atoms with Gasteiger partial charge in [-0.15, -0.1) is 0 Å². The molecule has 2 N–H and O–H groups in total. The molecule has 0 bridgehead atoms. The average molecular weight is 541 g/mol. The summed E-state index contributed by atoms with van der Waals surface area (Å²) in [5, 5.41) is 0. The number of esters is 2. The average Bonchev–Trinajstić information content (AvgIpc) is 3.32. The van der Waals surface area contributed by atoms with Crippen LogP contribution >= 0.6 is 0 Å². The van der Waals surface area contributed by atoms with Crippen LogP contribution in [0.4, 0.5) is 5.69 Å². The Morgan fingerprint density at radius 2 is 1.56 bits per heavy atom. The predicted octanol–water partition coefficient (Wildman–Crippen LogP) is 7.49. The number of hydrogen-bond donors (Lipinski definition) is 1. The number of allylic oxidation sites excluding steroid dienone is 1. The van der Waals surface area contributed by atoms with Crippen LogP contribution in [0.25, 0.3) is 22.6 Å². The van der Waals surface area contributed by atoms with Crippen LogP contribution in [0.15, 0.2) is 121 Å². The van der Waals surface area contributed by atoms with Crippen molar-refractivity contribution in [1.29, 1.82) is 0 Å². The molecule has 0 saturated heterocycles. The van der Waals surface area contributed by atoms with Crippen LogP contribution in [0, 0.1) is 13.5 Å². The van der Waals surface area contributed by atoms with E-state index in [1.165, 1.54) is 0 Å². The van der Waals surface area contributed by atoms with Gasteiger partial charge >= 0.3 is 11.9 Å². The van der Waals surface area contributed by atoms with E-state index in [2.05, 4.69) is 11.4 Å². The Labute approximate surface area is 239 Å². The number of anilines is 1. The van der Waals surface area contributed by atoms with E-state index in [1.54, 1.807) is 36.4 Å². The molecule has 0 fully saturated rings. The fraction of sp³-hybridized carbons (Fsp3) is 0.0571. The molecule has 202 valence electrons. The predicted molar refractivity (Wildman–Crippen MR) is 162 cm³/mol. The van der Waals surface area contributed by atoms with Crippen LogP contribution < -0.4 is 5.73 Å². The highest BCUT2D eigenvalue weighted by Gasteiger charge is 2.31. The van der Waals surface area contributed by atoms with E-state index in [-0.39, 0.29) is 18.3 Å². The number of nitrogen functional groups attached to an aromatic ring is 1. The van der Waals surface area contributed by atoms with Crippen molar-refractivity contribution in [3.05, 3.63) is 166 Å². The van der Waals surface area contributed by atoms with Gasteiger partial charge in [-0.1, -0.05) is 97.1 Å². The molecule has 1 aliphatic rings. The molecule has 4 aromatic rings. The number of ether oxygens (including phenoxy) is 2. The van der Waals surface area contributed by atoms with E-state index in [0.717, 1.165) is 27.8 Å². The maximum absolute atomic E-state index is 11.9. The number of carbonyl (C=O) groups excluding carboxylic acids is 2. The third kappa shape index (κ3) is 7.47. The molecule has 0 spiro atoms. The lowest BCUT2D eigenvalue weighted by Gasteiger charge is -2.05. The molecule has 0 unspecified atom stereocenters. The molecule has 0 aliphatic carbocycles. The minimum Gasteiger partial charge on any atom is -0.457 e. The van der Waals surface area contributed by atoms with Crippen LogP contribution in [0.3, 0.4) is 0 Å². The maximum Gasteiger partial charge on any atom is 0.342 e. The second-order valence-corrected chi connectivity index (χ2v) is 9.15. The summed E-state index contributed by atoms with van der Waals surface area (Å²) in [6.07, 6.45) is 3.51. The molecule has 5 rings (SSSR count). The maximum atomic E-state index is 11.9. The van der Waals surface area contributed by atoms with Crippen LogP contribution in [-0.2, 0) is 20.9 Å². The number of rotatable bonds is 6. The Kier molecular flexibility index (Phi) is 9.27. The van der Waals surface area contributed by atoms with E-state index in [0.29, 0.717) is 22.6 Å². The van der Waals surface area contributed by atoms with Gasteiger partial charge in [0.1, 0.15) is 12.4 Å². The standard InChI is InChI=1S/C18H12N2O2.C17H16O2/c1-20-17-16(13-5-3-2-4-6-13)15(22-18(17)21)11-12-7-9-14(19)10-8-12;1-3-14-6-8-15(9-7-14)12-19-17(18)16-10-4-13(2)5-11-16/h2-11H,19H2;3-11H,1,12H2,2H3. The number of cyclic esters (lactones) is 1. The van der Waals surface area contributed by atoms with Gasteiger partial charge in [-0.05, 0) is 59.5 Å². The second kappa shape index (κ2) is 13.4. The minimum atomic E-state index is -0.615. The van der Waals surface area contributed by atoms with Crippen LogP contribution in [0.5, 0.6) is 0 Å². The van der Waals surface area contributed by atoms with Gasteiger partial charge in [-0.25, -0.2) is 9.64 Å². The van der Waals surface area contributed by atoms with E-state index in [4.69, 9.17) is 21.8 Å². The molecule has 6 heteroatoms. The molecule has 0 aromatic heterocycles. The van der Waals surface area contributed by atoms with Crippen molar-refractivity contribution in [3.8, 4) is 0 Å². The number of carbonyl (C=O) groups is 2. The van der Waals surface area contributed by atoms with Gasteiger partial charge in [0.25, 0.3) is 5.70 Å². The van der Waals surface area contributed by atoms with Crippen molar-refractivity contribution in [3.63, 3.8) is 0 Å². The minimum absolute atomic E-state index is 0.00731. The van der Waals surface area contributed by atoms with Crippen LogP contribution in [-0.4, -0.2) is 11.9 Å². The van der Waals surface area contributed by atoms with Gasteiger partial charge < -0.3 is 15.2 Å². The summed E-state index contributed by atoms with van der Waals surface area (Å²) >= 11 is 0. The van der Waals surface area contributed by atoms with Gasteiger partial charge in [0.15, 0.2) is 0 Å². The van der Waals surface area contributed by atoms with E-state index in [9.17, 15) is 9.59 Å². The van der Waals surface area contributed by atoms with Gasteiger partial charge in [0, 0.05) is 11.3 Å². The first-order chi connectivity index (χ1) is 19.9. The van der Waals surface area contributed by atoms with Crippen molar-refractivity contribution in [1.82, 2.24) is 0 Å². The molecule has 0 amide bonds. The summed E-state index contributed by atoms with van der Waals surface area (Å²) in [4.78, 5) is 27.0. The number of nitrogens with zero attached hydrogens (tertiary/aromatic N) is 1. The first kappa shape index (κ1) is 28.3. The zero-order valence-corrected chi connectivity index (χ0v) is 22.5. The van der Waals surface area contributed by atoms with Crippen molar-refractivity contribution >= 4 is 35.4 Å². The molecular weight excluding hydrogens is 512 g/mol. The summed E-state index contributed by atoms with van der Waals surface area (Å²) < 4.78 is 10.5. The zero-order valence-electron chi connectivity index (χ0n) is 22.5. The monoisotopic (exact) mass is 540 g/mol. The highest BCUT2D eigenvalue weighted by Crippen LogP contribution is 2.36. The Bertz CT molecular complexity index is 1640. The quantitative estimate of drug-likeness (QED) is 0.156. The van der Waals surface area contributed by atoms with Gasteiger partial charge in [-0.3, -0.25) is 4.79 Å². The molecule has 4 aromatic carbocycles. The Balaban J connectivity index is 0.000000191. The third-order valence-electron chi connectivity index (χ3n) is 6.16. The summed E-state index contributed by atoms with van der Waals surface area (Å²) in [5.41, 5.74) is 12.2. The summed E-state index contributed by atoms with van der Waals surface area (Å²) in [5.74, 6) is -0.532. The van der Waals surface area contributed by atoms with E-state index >= 15 is 0 Å². The smallest absolute Gasteiger partial charge is 0.342 e. The van der Waals surface area contributed by atoms with Crippen LogP contribution in [0.2, 0.25) is 0 Å². The largest absolute Gasteiger partial charge is 0.457 e. The molecule has 1 aliphatic heterocycles. The number of aryl methyl sites for hydroxylation is 1. The van der Waals surface area contributed by atoms with Gasteiger partial charge in [0.2, 0.25) is 0 Å². The van der Waals surface area contributed by atoms with Crippen molar-refractivity contribution in [2.24, 2.45) is 0 Å². The zero-order chi connectivity index (χ0) is 29.2. The van der Waals surface area contributed by atoms with E-state index in [1.807, 2.05) is 85.8 Å². The molecule has 6 nitrogen and oxygen atoms in total. The molecular formula is C35H28N2O4. The topological polar surface area (TPSA) is 83.0 Å². The van der Waals surface area contributed by atoms with Gasteiger partial charge in [-0.2, -0.15) is 0 Å². The normalized spacial score (nSPS) is 13.1. The Morgan fingerprint density at radius 1 is 0.927 bits per heavy atom. The summed E-state index contributed by atoms with van der Waals surface area (Å²) in [6, 6.07) is 31.6. The third-order valence-corrected chi connectivity index (χ3v) is 6.16. The van der Waals surface area contributed by atoms with Crippen molar-refractivity contribution < 1.29 is 19.1 Å². The molecule has 41 heavy (non-hydrogen) atoms. The molecule has 0 saturated carbocycles. The van der Waals surface area contributed by atoms with Crippen LogP contribution in [0.1, 0.15) is 38.2 Å². The van der Waals surface area contributed by atoms with Crippen molar-refractivity contribution in [2.75, 3.05) is 5.73 Å². The SMILES string of the molecule is C=Cc1ccc(COC(=O)c2ccc(C)cc2)cc1.[C-]#[N+]C1=C(c2ccccc2)C(=Cc2ccc(N)cc2)OC1=O. The Morgan fingerprint density at radius 3 is 2.17 bits per heavy atom. The second-order valence-electron chi connectivity index (χ2n) is 9.15. The van der Waals surface area contributed by atoms with Gasteiger partial charge in [0.05, 0.1) is 12.1 Å². The molecule has 0 radical (unpaired) electrons. The summed E-state index contributed by atoms with van der Waals surface area (Å²) in [6.45, 7) is 13.2. The number of nitrogens with two attached hydrogens (primary N) is 1. The first-order valence-corrected chi connectivity index (χ1v) is 12.8. The highest BCUT2D eigenvalue weighted by molar-refractivity contribution is 6.09. The molecule has 0 atom stereocenters. The van der Waals surface area contributed by atoms with E-state index < -0.39 is 5.97 Å². The lowest BCUT2D eigenvalue weighted by molar-refractivity contribution is -0.132. The fourth-order valence-corrected chi connectivity index (χ4v) is 3.92. The summed E-state index contributed by atoms with van der Waals surface area (Å²) in [7, 11) is 0. The van der Waals surface area contributed by atoms with Crippen molar-refractivity contribution in [2.45, 2.75) is 13.5 Å². The Hall–Kier alpha value is -5.67. The highest BCUT2D eigenvalue weighted by atomic mass is 16.5. The lowest BCUT2D eigenvalue weighted by Crippen LogP contribution is -2.05. The number of benzene rings is 4. The lowest BCUT2D eigenvalue weighted by atomic mass is 10.0.